The standard InChI is InChI=1S/C20H36O2/c1-15(7-5-14-20(22)12-3-4-13-20)16-9-10-17-18(21)8-6-11-19(16,17)2/h15-18,21-22H,3-14H2,1-2H3/t15-,16?,17-,18?,19+/m0/s1. The van der Waals surface area contributed by atoms with Crippen LogP contribution in [0.15, 0.2) is 0 Å². The molecule has 2 unspecified atom stereocenters. The van der Waals surface area contributed by atoms with Crippen LogP contribution in [0.2, 0.25) is 0 Å². The van der Waals surface area contributed by atoms with Crippen molar-refractivity contribution in [3.05, 3.63) is 0 Å². The van der Waals surface area contributed by atoms with E-state index in [4.69, 9.17) is 0 Å². The van der Waals surface area contributed by atoms with Gasteiger partial charge in [0.1, 0.15) is 0 Å². The van der Waals surface area contributed by atoms with Gasteiger partial charge in [0.15, 0.2) is 0 Å². The Bertz CT molecular complexity index is 374. The lowest BCUT2D eigenvalue weighted by molar-refractivity contribution is -0.0286. The third-order valence-electron chi connectivity index (χ3n) is 7.69. The van der Waals surface area contributed by atoms with Crippen molar-refractivity contribution >= 4 is 0 Å². The first-order chi connectivity index (χ1) is 10.4. The van der Waals surface area contributed by atoms with Crippen molar-refractivity contribution in [3.8, 4) is 0 Å². The SMILES string of the molecule is C[C@@H](CCCC1(O)CCCC1)C1CC[C@H]2C(O)CCC[C@]12C. The van der Waals surface area contributed by atoms with E-state index in [9.17, 15) is 10.2 Å². The molecule has 0 saturated heterocycles. The Kier molecular flexibility index (Phi) is 4.90. The zero-order chi connectivity index (χ0) is 15.8. The minimum absolute atomic E-state index is 0.0462. The summed E-state index contributed by atoms with van der Waals surface area (Å²) in [4.78, 5) is 0. The van der Waals surface area contributed by atoms with Gasteiger partial charge in [0.05, 0.1) is 11.7 Å². The van der Waals surface area contributed by atoms with Gasteiger partial charge in [-0.15, -0.1) is 0 Å². The Labute approximate surface area is 136 Å². The minimum Gasteiger partial charge on any atom is -0.393 e. The van der Waals surface area contributed by atoms with Crippen LogP contribution in [0.5, 0.6) is 0 Å². The smallest absolute Gasteiger partial charge is 0.0647 e. The van der Waals surface area contributed by atoms with Crippen molar-refractivity contribution in [2.24, 2.45) is 23.2 Å². The second-order valence-corrected chi connectivity index (χ2v) is 9.06. The molecule has 2 nitrogen and oxygen atoms in total. The predicted octanol–water partition coefficient (Wildman–Crippen LogP) is 4.68. The van der Waals surface area contributed by atoms with Crippen LogP contribution >= 0.6 is 0 Å². The molecular weight excluding hydrogens is 272 g/mol. The topological polar surface area (TPSA) is 40.5 Å². The normalized spacial score (nSPS) is 42.3. The monoisotopic (exact) mass is 308 g/mol. The Morgan fingerprint density at radius 3 is 2.50 bits per heavy atom. The molecule has 128 valence electrons. The maximum Gasteiger partial charge on any atom is 0.0647 e. The molecule has 0 amide bonds. The highest BCUT2D eigenvalue weighted by atomic mass is 16.3. The highest BCUT2D eigenvalue weighted by molar-refractivity contribution is 5.01. The van der Waals surface area contributed by atoms with E-state index in [0.717, 1.165) is 37.5 Å². The molecule has 0 aliphatic heterocycles. The van der Waals surface area contributed by atoms with Gasteiger partial charge in [-0.1, -0.05) is 46.0 Å². The number of aliphatic hydroxyl groups excluding tert-OH is 1. The molecule has 3 rings (SSSR count). The minimum atomic E-state index is -0.330. The molecule has 0 aromatic heterocycles. The second-order valence-electron chi connectivity index (χ2n) is 9.06. The summed E-state index contributed by atoms with van der Waals surface area (Å²) in [6, 6.07) is 0. The van der Waals surface area contributed by atoms with Gasteiger partial charge in [-0.3, -0.25) is 0 Å². The Hall–Kier alpha value is -0.0800. The van der Waals surface area contributed by atoms with Crippen molar-refractivity contribution in [3.63, 3.8) is 0 Å². The van der Waals surface area contributed by atoms with E-state index in [1.165, 1.54) is 51.4 Å². The zero-order valence-corrected chi connectivity index (χ0v) is 14.7. The molecule has 0 bridgehead atoms. The molecule has 5 atom stereocenters. The lowest BCUT2D eigenvalue weighted by Gasteiger charge is -2.45. The molecule has 2 heteroatoms. The van der Waals surface area contributed by atoms with E-state index in [1.807, 2.05) is 0 Å². The third kappa shape index (κ3) is 3.11. The van der Waals surface area contributed by atoms with Crippen LogP contribution in [0.1, 0.15) is 90.9 Å². The second kappa shape index (κ2) is 6.43. The van der Waals surface area contributed by atoms with Gasteiger partial charge in [0, 0.05) is 0 Å². The molecular formula is C20H36O2. The fourth-order valence-electron chi connectivity index (χ4n) is 6.36. The average Bonchev–Trinajstić information content (AvgIpc) is 3.03. The first kappa shape index (κ1) is 16.8. The van der Waals surface area contributed by atoms with Crippen LogP contribution in [0, 0.1) is 23.2 Å². The Morgan fingerprint density at radius 1 is 1.05 bits per heavy atom. The molecule has 3 fully saturated rings. The van der Waals surface area contributed by atoms with Crippen LogP contribution in [0.3, 0.4) is 0 Å². The first-order valence-corrected chi connectivity index (χ1v) is 9.85. The van der Waals surface area contributed by atoms with E-state index in [1.54, 1.807) is 0 Å². The van der Waals surface area contributed by atoms with E-state index < -0.39 is 0 Å². The van der Waals surface area contributed by atoms with Gasteiger partial charge < -0.3 is 10.2 Å². The Balaban J connectivity index is 1.52. The molecule has 0 heterocycles. The summed E-state index contributed by atoms with van der Waals surface area (Å²) in [6.45, 7) is 4.89. The largest absolute Gasteiger partial charge is 0.393 e. The fourth-order valence-corrected chi connectivity index (χ4v) is 6.36. The highest BCUT2D eigenvalue weighted by Crippen LogP contribution is 2.58. The quantitative estimate of drug-likeness (QED) is 0.774. The number of hydrogen-bond acceptors (Lipinski definition) is 2. The van der Waals surface area contributed by atoms with Gasteiger partial charge in [-0.05, 0) is 68.1 Å². The van der Waals surface area contributed by atoms with Gasteiger partial charge >= 0.3 is 0 Å². The molecule has 3 saturated carbocycles. The predicted molar refractivity (Wildman–Crippen MR) is 90.6 cm³/mol. The van der Waals surface area contributed by atoms with Gasteiger partial charge in [0.25, 0.3) is 0 Å². The molecule has 0 aromatic rings. The number of aliphatic hydroxyl groups is 2. The summed E-state index contributed by atoms with van der Waals surface area (Å²) in [6.07, 6.45) is 14.0. The zero-order valence-electron chi connectivity index (χ0n) is 14.7. The Morgan fingerprint density at radius 2 is 1.77 bits per heavy atom. The number of rotatable bonds is 5. The van der Waals surface area contributed by atoms with Gasteiger partial charge in [-0.25, -0.2) is 0 Å². The highest BCUT2D eigenvalue weighted by Gasteiger charge is 2.52. The van der Waals surface area contributed by atoms with Crippen LogP contribution in [0.25, 0.3) is 0 Å². The van der Waals surface area contributed by atoms with Gasteiger partial charge in [-0.2, -0.15) is 0 Å². The van der Waals surface area contributed by atoms with Crippen molar-refractivity contribution in [2.45, 2.75) is 103 Å². The molecule has 3 aliphatic rings. The molecule has 22 heavy (non-hydrogen) atoms. The van der Waals surface area contributed by atoms with Crippen LogP contribution in [-0.4, -0.2) is 21.9 Å². The molecule has 3 aliphatic carbocycles. The van der Waals surface area contributed by atoms with Crippen LogP contribution in [-0.2, 0) is 0 Å². The van der Waals surface area contributed by atoms with E-state index >= 15 is 0 Å². The van der Waals surface area contributed by atoms with Crippen LogP contribution < -0.4 is 0 Å². The summed E-state index contributed by atoms with van der Waals surface area (Å²) < 4.78 is 0. The van der Waals surface area contributed by atoms with Crippen molar-refractivity contribution in [1.29, 1.82) is 0 Å². The maximum atomic E-state index is 10.5. The number of hydrogen-bond donors (Lipinski definition) is 2. The van der Waals surface area contributed by atoms with Crippen molar-refractivity contribution in [1.82, 2.24) is 0 Å². The van der Waals surface area contributed by atoms with Gasteiger partial charge in [0.2, 0.25) is 0 Å². The first-order valence-electron chi connectivity index (χ1n) is 9.85. The van der Waals surface area contributed by atoms with E-state index in [2.05, 4.69) is 13.8 Å². The molecule has 0 spiro atoms. The summed E-state index contributed by atoms with van der Waals surface area (Å²) in [5.41, 5.74) is 0.0458. The summed E-state index contributed by atoms with van der Waals surface area (Å²) in [5.74, 6) is 2.07. The summed E-state index contributed by atoms with van der Waals surface area (Å²) in [7, 11) is 0. The third-order valence-corrected chi connectivity index (χ3v) is 7.69. The molecule has 0 radical (unpaired) electrons. The molecule has 2 N–H and O–H groups in total. The lowest BCUT2D eigenvalue weighted by Crippen LogP contribution is -2.41. The van der Waals surface area contributed by atoms with E-state index in [-0.39, 0.29) is 11.7 Å². The summed E-state index contributed by atoms with van der Waals surface area (Å²) in [5, 5.41) is 20.9. The average molecular weight is 309 g/mol. The lowest BCUT2D eigenvalue weighted by atomic mass is 9.61. The fraction of sp³-hybridized carbons (Fsp3) is 1.00. The van der Waals surface area contributed by atoms with Crippen molar-refractivity contribution in [2.75, 3.05) is 0 Å². The maximum absolute atomic E-state index is 10.5. The summed E-state index contributed by atoms with van der Waals surface area (Å²) >= 11 is 0. The van der Waals surface area contributed by atoms with E-state index in [0.29, 0.717) is 11.3 Å². The molecule has 0 aromatic carbocycles. The number of fused-ring (bicyclic) bond motifs is 1. The van der Waals surface area contributed by atoms with Crippen molar-refractivity contribution < 1.29 is 10.2 Å². The van der Waals surface area contributed by atoms with Crippen LogP contribution in [0.4, 0.5) is 0 Å².